The first-order chi connectivity index (χ1) is 15.0. The van der Waals surface area contributed by atoms with Crippen LogP contribution >= 0.6 is 11.6 Å². The van der Waals surface area contributed by atoms with Crippen molar-refractivity contribution in [3.63, 3.8) is 0 Å². The Balaban J connectivity index is 1.81. The molecule has 3 aromatic carbocycles. The van der Waals surface area contributed by atoms with Crippen molar-refractivity contribution >= 4 is 40.4 Å². The summed E-state index contributed by atoms with van der Waals surface area (Å²) in [7, 11) is 0. The van der Waals surface area contributed by atoms with Crippen LogP contribution in [0.5, 0.6) is 5.75 Å². The minimum absolute atomic E-state index is 0.208. The fraction of sp³-hybridized carbons (Fsp3) is 0.120. The number of para-hydroxylation sites is 1. The topological polar surface area (TPSA) is 58.6 Å². The summed E-state index contributed by atoms with van der Waals surface area (Å²) in [6.07, 6.45) is 0. The van der Waals surface area contributed by atoms with E-state index in [2.05, 4.69) is 5.32 Å². The van der Waals surface area contributed by atoms with Crippen LogP contribution in [0.2, 0.25) is 5.02 Å². The SMILES string of the molecule is CCOc1ccc(C2=C(Nc3cccc(C)c3)C(=O)N(c3ccccc3Cl)C2=O)cc1. The number of benzene rings is 3. The standard InChI is InChI=1S/C25H21ClN2O3/c1-3-31-19-13-11-17(12-14-19)22-23(27-18-8-6-7-16(2)15-18)25(30)28(24(22)29)21-10-5-4-9-20(21)26/h4-15,27H,3H2,1-2H3. The molecule has 31 heavy (non-hydrogen) atoms. The van der Waals surface area contributed by atoms with Crippen molar-refractivity contribution in [2.75, 3.05) is 16.8 Å². The van der Waals surface area contributed by atoms with E-state index in [9.17, 15) is 9.59 Å². The van der Waals surface area contributed by atoms with Gasteiger partial charge in [0.15, 0.2) is 0 Å². The molecule has 0 saturated heterocycles. The minimum Gasteiger partial charge on any atom is -0.494 e. The average Bonchev–Trinajstić information content (AvgIpc) is 2.99. The summed E-state index contributed by atoms with van der Waals surface area (Å²) in [5.41, 5.74) is 3.22. The molecule has 1 heterocycles. The number of rotatable bonds is 6. The minimum atomic E-state index is -0.455. The van der Waals surface area contributed by atoms with Crippen LogP contribution in [0.1, 0.15) is 18.1 Å². The van der Waals surface area contributed by atoms with Crippen LogP contribution in [0, 0.1) is 6.92 Å². The molecule has 4 rings (SSSR count). The number of carbonyl (C=O) groups excluding carboxylic acids is 2. The molecular weight excluding hydrogens is 412 g/mol. The van der Waals surface area contributed by atoms with Crippen LogP contribution in [-0.2, 0) is 9.59 Å². The molecule has 0 spiro atoms. The monoisotopic (exact) mass is 432 g/mol. The second-order valence-corrected chi connectivity index (χ2v) is 7.51. The molecule has 0 unspecified atom stereocenters. The van der Waals surface area contributed by atoms with Gasteiger partial charge < -0.3 is 10.1 Å². The highest BCUT2D eigenvalue weighted by atomic mass is 35.5. The van der Waals surface area contributed by atoms with Gasteiger partial charge in [0.05, 0.1) is 22.9 Å². The number of aryl methyl sites for hydroxylation is 1. The van der Waals surface area contributed by atoms with Crippen LogP contribution in [0.3, 0.4) is 0 Å². The molecule has 0 aliphatic carbocycles. The van der Waals surface area contributed by atoms with Gasteiger partial charge in [0.25, 0.3) is 11.8 Å². The van der Waals surface area contributed by atoms with E-state index in [4.69, 9.17) is 16.3 Å². The van der Waals surface area contributed by atoms with Gasteiger partial charge in [-0.05, 0) is 61.4 Å². The highest BCUT2D eigenvalue weighted by molar-refractivity contribution is 6.48. The Hall–Kier alpha value is -3.57. The molecule has 1 N–H and O–H groups in total. The summed E-state index contributed by atoms with van der Waals surface area (Å²) in [5, 5.41) is 3.49. The molecule has 0 bridgehead atoms. The van der Waals surface area contributed by atoms with Crippen molar-refractivity contribution in [3.8, 4) is 5.75 Å². The first-order valence-corrected chi connectivity index (χ1v) is 10.3. The van der Waals surface area contributed by atoms with Crippen molar-refractivity contribution in [3.05, 3.63) is 94.6 Å². The lowest BCUT2D eigenvalue weighted by atomic mass is 10.0. The third-order valence-corrected chi connectivity index (χ3v) is 5.24. The van der Waals surface area contributed by atoms with Crippen LogP contribution < -0.4 is 15.0 Å². The summed E-state index contributed by atoms with van der Waals surface area (Å²) in [6.45, 7) is 4.41. The summed E-state index contributed by atoms with van der Waals surface area (Å²) < 4.78 is 5.50. The van der Waals surface area contributed by atoms with E-state index in [0.717, 1.165) is 16.2 Å². The van der Waals surface area contributed by atoms with Crippen molar-refractivity contribution in [2.24, 2.45) is 0 Å². The third-order valence-electron chi connectivity index (χ3n) is 4.92. The highest BCUT2D eigenvalue weighted by Crippen LogP contribution is 2.37. The Morgan fingerprint density at radius 3 is 2.35 bits per heavy atom. The van der Waals surface area contributed by atoms with E-state index in [1.54, 1.807) is 48.5 Å². The lowest BCUT2D eigenvalue weighted by molar-refractivity contribution is -0.120. The molecule has 0 fully saturated rings. The maximum atomic E-state index is 13.5. The number of nitrogens with zero attached hydrogens (tertiary/aromatic N) is 1. The van der Waals surface area contributed by atoms with E-state index in [0.29, 0.717) is 28.6 Å². The van der Waals surface area contributed by atoms with Gasteiger partial charge >= 0.3 is 0 Å². The summed E-state index contributed by atoms with van der Waals surface area (Å²) in [5.74, 6) is -0.194. The Morgan fingerprint density at radius 2 is 1.68 bits per heavy atom. The van der Waals surface area contributed by atoms with E-state index in [1.807, 2.05) is 38.1 Å². The number of ether oxygens (including phenoxy) is 1. The normalized spacial score (nSPS) is 13.7. The van der Waals surface area contributed by atoms with Crippen molar-refractivity contribution in [1.29, 1.82) is 0 Å². The van der Waals surface area contributed by atoms with E-state index < -0.39 is 11.8 Å². The number of halogens is 1. The van der Waals surface area contributed by atoms with Gasteiger partial charge in [-0.25, -0.2) is 4.90 Å². The number of amides is 2. The summed E-state index contributed by atoms with van der Waals surface area (Å²) in [4.78, 5) is 28.0. The number of carbonyl (C=O) groups is 2. The fourth-order valence-corrected chi connectivity index (χ4v) is 3.74. The number of nitrogens with one attached hydrogen (secondary N) is 1. The lowest BCUT2D eigenvalue weighted by Crippen LogP contribution is -2.32. The maximum absolute atomic E-state index is 13.5. The van der Waals surface area contributed by atoms with Crippen molar-refractivity contribution < 1.29 is 14.3 Å². The number of hydrogen-bond donors (Lipinski definition) is 1. The zero-order valence-electron chi connectivity index (χ0n) is 17.2. The average molecular weight is 433 g/mol. The van der Waals surface area contributed by atoms with Crippen LogP contribution in [0.4, 0.5) is 11.4 Å². The van der Waals surface area contributed by atoms with Crippen molar-refractivity contribution in [2.45, 2.75) is 13.8 Å². The van der Waals surface area contributed by atoms with E-state index in [1.165, 1.54) is 0 Å². The second-order valence-electron chi connectivity index (χ2n) is 7.10. The van der Waals surface area contributed by atoms with Gasteiger partial charge in [0.2, 0.25) is 0 Å². The second kappa shape index (κ2) is 8.66. The lowest BCUT2D eigenvalue weighted by Gasteiger charge is -2.16. The molecule has 3 aromatic rings. The zero-order valence-corrected chi connectivity index (χ0v) is 17.9. The molecule has 5 nitrogen and oxygen atoms in total. The van der Waals surface area contributed by atoms with Gasteiger partial charge in [-0.3, -0.25) is 9.59 Å². The molecule has 0 atom stereocenters. The molecule has 156 valence electrons. The molecule has 2 amide bonds. The Morgan fingerprint density at radius 1 is 0.935 bits per heavy atom. The molecular formula is C25H21ClN2O3. The molecule has 0 radical (unpaired) electrons. The molecule has 1 aliphatic rings. The number of anilines is 2. The summed E-state index contributed by atoms with van der Waals surface area (Å²) >= 11 is 6.31. The van der Waals surface area contributed by atoms with Gasteiger partial charge in [-0.2, -0.15) is 0 Å². The van der Waals surface area contributed by atoms with Crippen molar-refractivity contribution in [1.82, 2.24) is 0 Å². The highest BCUT2D eigenvalue weighted by Gasteiger charge is 2.41. The first kappa shape index (κ1) is 20.7. The molecule has 6 heteroatoms. The Labute approximate surface area is 185 Å². The largest absolute Gasteiger partial charge is 0.494 e. The molecule has 0 saturated carbocycles. The Kier molecular flexibility index (Phi) is 5.78. The predicted octanol–water partition coefficient (Wildman–Crippen LogP) is 5.44. The van der Waals surface area contributed by atoms with Crippen LogP contribution in [0.15, 0.2) is 78.5 Å². The van der Waals surface area contributed by atoms with Gasteiger partial charge in [-0.1, -0.05) is 48.0 Å². The van der Waals surface area contributed by atoms with Crippen LogP contribution in [0.25, 0.3) is 5.57 Å². The quantitative estimate of drug-likeness (QED) is 0.526. The number of hydrogen-bond acceptors (Lipinski definition) is 4. The zero-order chi connectivity index (χ0) is 22.0. The first-order valence-electron chi connectivity index (χ1n) is 9.94. The fourth-order valence-electron chi connectivity index (χ4n) is 3.52. The maximum Gasteiger partial charge on any atom is 0.282 e. The van der Waals surface area contributed by atoms with Gasteiger partial charge in [-0.15, -0.1) is 0 Å². The summed E-state index contributed by atoms with van der Waals surface area (Å²) in [6, 6.07) is 21.5. The molecule has 1 aliphatic heterocycles. The van der Waals surface area contributed by atoms with E-state index >= 15 is 0 Å². The molecule has 0 aromatic heterocycles. The van der Waals surface area contributed by atoms with Crippen LogP contribution in [-0.4, -0.2) is 18.4 Å². The van der Waals surface area contributed by atoms with Gasteiger partial charge in [0.1, 0.15) is 11.4 Å². The Bertz CT molecular complexity index is 1190. The van der Waals surface area contributed by atoms with Gasteiger partial charge in [0, 0.05) is 5.69 Å². The number of imide groups is 1. The smallest absolute Gasteiger partial charge is 0.282 e. The third kappa shape index (κ3) is 4.05. The predicted molar refractivity (Wildman–Crippen MR) is 123 cm³/mol. The van der Waals surface area contributed by atoms with E-state index in [-0.39, 0.29) is 11.3 Å².